The lowest BCUT2D eigenvalue weighted by Gasteiger charge is -2.55. The monoisotopic (exact) mass is 357 g/mol. The number of carbonyl (C=O) groups is 1. The number of aromatic nitrogens is 4. The van der Waals surface area contributed by atoms with Crippen molar-refractivity contribution in [3.8, 4) is 0 Å². The molecule has 4 aliphatic rings. The Morgan fingerprint density at radius 1 is 1.12 bits per heavy atom. The van der Waals surface area contributed by atoms with Crippen LogP contribution in [0.4, 0.5) is 5.13 Å². The van der Waals surface area contributed by atoms with Gasteiger partial charge in [0.05, 0.1) is 0 Å². The number of rotatable bonds is 3. The quantitative estimate of drug-likeness (QED) is 0.878. The zero-order chi connectivity index (χ0) is 17.0. The van der Waals surface area contributed by atoms with Gasteiger partial charge in [-0.1, -0.05) is 11.3 Å². The van der Waals surface area contributed by atoms with E-state index in [0.717, 1.165) is 22.8 Å². The van der Waals surface area contributed by atoms with Gasteiger partial charge in [-0.2, -0.15) is 5.10 Å². The molecule has 0 spiro atoms. The van der Waals surface area contributed by atoms with Gasteiger partial charge in [0.15, 0.2) is 0 Å². The average Bonchev–Trinajstić information content (AvgIpc) is 3.03. The molecule has 0 saturated heterocycles. The molecule has 0 aromatic carbocycles. The van der Waals surface area contributed by atoms with E-state index in [-0.39, 0.29) is 22.6 Å². The average molecular weight is 357 g/mol. The van der Waals surface area contributed by atoms with Crippen LogP contribution in [0.5, 0.6) is 0 Å². The molecular formula is C17H19N5O2S. The number of hydrogen-bond acceptors (Lipinski definition) is 6. The van der Waals surface area contributed by atoms with Gasteiger partial charge in [0.2, 0.25) is 5.13 Å². The van der Waals surface area contributed by atoms with Gasteiger partial charge in [0.1, 0.15) is 10.7 Å². The van der Waals surface area contributed by atoms with Crippen molar-refractivity contribution >= 4 is 22.4 Å². The van der Waals surface area contributed by atoms with E-state index in [4.69, 9.17) is 0 Å². The summed E-state index contributed by atoms with van der Waals surface area (Å²) in [7, 11) is 0. The Morgan fingerprint density at radius 3 is 2.40 bits per heavy atom. The third-order valence-corrected chi connectivity index (χ3v) is 7.13. The molecule has 8 heteroatoms. The minimum Gasteiger partial charge on any atom is -0.295 e. The van der Waals surface area contributed by atoms with Crippen LogP contribution in [-0.2, 0) is 5.41 Å². The van der Waals surface area contributed by atoms with Crippen LogP contribution in [0.25, 0.3) is 0 Å². The van der Waals surface area contributed by atoms with Gasteiger partial charge in [0, 0.05) is 11.5 Å². The maximum absolute atomic E-state index is 12.2. The van der Waals surface area contributed by atoms with E-state index in [0.29, 0.717) is 5.13 Å². The van der Waals surface area contributed by atoms with Crippen LogP contribution in [0, 0.1) is 17.8 Å². The summed E-state index contributed by atoms with van der Waals surface area (Å²) in [5, 5.41) is 19.0. The Kier molecular flexibility index (Phi) is 3.31. The van der Waals surface area contributed by atoms with Crippen molar-refractivity contribution in [2.45, 2.75) is 43.9 Å². The van der Waals surface area contributed by atoms with Gasteiger partial charge in [-0.15, -0.1) is 10.2 Å². The van der Waals surface area contributed by atoms with Crippen LogP contribution in [0.3, 0.4) is 0 Å². The first kappa shape index (κ1) is 15.2. The van der Waals surface area contributed by atoms with Gasteiger partial charge in [-0.05, 0) is 62.3 Å². The van der Waals surface area contributed by atoms with Crippen molar-refractivity contribution in [2.24, 2.45) is 17.8 Å². The highest BCUT2D eigenvalue weighted by Gasteiger charge is 2.53. The third-order valence-electron chi connectivity index (χ3n) is 6.05. The first-order valence-corrected chi connectivity index (χ1v) is 9.62. The molecule has 4 saturated carbocycles. The van der Waals surface area contributed by atoms with Crippen molar-refractivity contribution < 1.29 is 4.79 Å². The van der Waals surface area contributed by atoms with E-state index in [2.05, 4.69) is 25.7 Å². The molecule has 6 rings (SSSR count). The van der Waals surface area contributed by atoms with Crippen molar-refractivity contribution in [1.29, 1.82) is 0 Å². The Bertz CT molecular complexity index is 833. The van der Waals surface area contributed by atoms with Crippen LogP contribution < -0.4 is 10.9 Å². The molecule has 1 amide bonds. The van der Waals surface area contributed by atoms with Crippen LogP contribution in [0.1, 0.15) is 54.0 Å². The van der Waals surface area contributed by atoms with Crippen molar-refractivity contribution in [1.82, 2.24) is 20.4 Å². The summed E-state index contributed by atoms with van der Waals surface area (Å²) in [5.41, 5.74) is 0.00810. The fourth-order valence-corrected chi connectivity index (χ4v) is 6.45. The van der Waals surface area contributed by atoms with Gasteiger partial charge in [-0.3, -0.25) is 14.9 Å². The molecule has 7 nitrogen and oxygen atoms in total. The zero-order valence-electron chi connectivity index (χ0n) is 13.7. The Labute approximate surface area is 148 Å². The molecule has 0 atom stereocenters. The molecule has 0 aliphatic heterocycles. The number of carbonyl (C=O) groups excluding carboxylic acids is 1. The number of hydrogen-bond donors (Lipinski definition) is 2. The molecule has 4 aliphatic carbocycles. The summed E-state index contributed by atoms with van der Waals surface area (Å²) in [6, 6.07) is 2.68. The fourth-order valence-electron chi connectivity index (χ4n) is 5.49. The van der Waals surface area contributed by atoms with Crippen LogP contribution >= 0.6 is 11.3 Å². The lowest BCUT2D eigenvalue weighted by molar-refractivity contribution is -0.00555. The van der Waals surface area contributed by atoms with Gasteiger partial charge in [-0.25, -0.2) is 5.10 Å². The molecule has 25 heavy (non-hydrogen) atoms. The van der Waals surface area contributed by atoms with E-state index in [1.54, 1.807) is 0 Å². The molecule has 2 aromatic rings. The Balaban J connectivity index is 1.36. The minimum atomic E-state index is -0.385. The standard InChI is InChI=1S/C17H19N5O2S/c23-13-2-1-12(19-20-13)14(24)18-16-22-21-15(25-16)17-6-9-3-10(7-17)5-11(4-9)8-17/h1-2,9-11H,3-8H2,(H,20,23)(H,18,22,24). The molecular weight excluding hydrogens is 338 g/mol. The second-order valence-electron chi connectivity index (χ2n) is 7.87. The zero-order valence-corrected chi connectivity index (χ0v) is 14.5. The van der Waals surface area contributed by atoms with E-state index in [9.17, 15) is 9.59 Å². The molecule has 2 aromatic heterocycles. The number of anilines is 1. The lowest BCUT2D eigenvalue weighted by atomic mass is 9.50. The molecule has 0 radical (unpaired) electrons. The highest BCUT2D eigenvalue weighted by Crippen LogP contribution is 2.61. The first-order valence-electron chi connectivity index (χ1n) is 8.81. The van der Waals surface area contributed by atoms with Crippen molar-refractivity contribution in [3.63, 3.8) is 0 Å². The number of nitrogens with one attached hydrogen (secondary N) is 2. The van der Waals surface area contributed by atoms with E-state index in [1.807, 2.05) is 0 Å². The predicted molar refractivity (Wildman–Crippen MR) is 92.6 cm³/mol. The van der Waals surface area contributed by atoms with Gasteiger partial charge < -0.3 is 0 Å². The molecule has 0 unspecified atom stereocenters. The molecule has 2 N–H and O–H groups in total. The normalized spacial score (nSPS) is 32.7. The van der Waals surface area contributed by atoms with Crippen molar-refractivity contribution in [2.75, 3.05) is 5.32 Å². The summed E-state index contributed by atoms with van der Waals surface area (Å²) >= 11 is 1.49. The minimum absolute atomic E-state index is 0.158. The van der Waals surface area contributed by atoms with Crippen LogP contribution in [-0.4, -0.2) is 26.3 Å². The van der Waals surface area contributed by atoms with Crippen LogP contribution in [0.15, 0.2) is 16.9 Å². The smallest absolute Gasteiger partial charge is 0.277 e. The maximum atomic E-state index is 12.2. The van der Waals surface area contributed by atoms with Gasteiger partial charge >= 0.3 is 0 Å². The van der Waals surface area contributed by atoms with E-state index in [1.165, 1.54) is 62.0 Å². The van der Waals surface area contributed by atoms with Crippen molar-refractivity contribution in [3.05, 3.63) is 33.2 Å². The molecule has 4 fully saturated rings. The SMILES string of the molecule is O=C(Nc1nnc(C23CC4CC(CC(C4)C2)C3)s1)c1ccc(=O)[nH]n1. The first-order chi connectivity index (χ1) is 12.1. The van der Waals surface area contributed by atoms with Crippen LogP contribution in [0.2, 0.25) is 0 Å². The largest absolute Gasteiger partial charge is 0.295 e. The summed E-state index contributed by atoms with van der Waals surface area (Å²) < 4.78 is 0. The highest BCUT2D eigenvalue weighted by atomic mass is 32.1. The summed E-state index contributed by atoms with van der Waals surface area (Å²) in [6.45, 7) is 0. The Hall–Kier alpha value is -2.09. The Morgan fingerprint density at radius 2 is 1.80 bits per heavy atom. The topological polar surface area (TPSA) is 101 Å². The second kappa shape index (κ2) is 5.45. The number of H-pyrrole nitrogens is 1. The maximum Gasteiger partial charge on any atom is 0.277 e. The number of aromatic amines is 1. The molecule has 130 valence electrons. The number of nitrogens with zero attached hydrogens (tertiary/aromatic N) is 3. The number of amides is 1. The summed E-state index contributed by atoms with van der Waals surface area (Å²) in [4.78, 5) is 23.3. The molecule has 2 heterocycles. The fraction of sp³-hybridized carbons (Fsp3) is 0.588. The summed E-state index contributed by atoms with van der Waals surface area (Å²) in [5.74, 6) is 2.15. The van der Waals surface area contributed by atoms with Gasteiger partial charge in [0.25, 0.3) is 11.5 Å². The predicted octanol–water partition coefficient (Wildman–Crippen LogP) is 2.34. The lowest BCUT2D eigenvalue weighted by Crippen LogP contribution is -2.48. The third kappa shape index (κ3) is 2.59. The second-order valence-corrected chi connectivity index (χ2v) is 8.85. The van der Waals surface area contributed by atoms with E-state index >= 15 is 0 Å². The summed E-state index contributed by atoms with van der Waals surface area (Å²) in [6.07, 6.45) is 7.84. The molecule has 4 bridgehead atoms. The van der Waals surface area contributed by atoms with E-state index < -0.39 is 0 Å². The highest BCUT2D eigenvalue weighted by molar-refractivity contribution is 7.15.